The van der Waals surface area contributed by atoms with Gasteiger partial charge in [0.1, 0.15) is 0 Å². The largest absolute Gasteiger partial charge is 0.315 e. The molecule has 0 fully saturated rings. The maximum absolute atomic E-state index is 6.10. The molecule has 0 saturated heterocycles. The van der Waals surface area contributed by atoms with Crippen LogP contribution in [0.1, 0.15) is 26.3 Å². The summed E-state index contributed by atoms with van der Waals surface area (Å²) in [5, 5.41) is 8.26. The average Bonchev–Trinajstić information content (AvgIpc) is 2.24. The standard InChI is InChI=1S/C14H22Cl2N2/c1-14(2,3)18-9-8-17-7-6-11-4-5-12(15)10-13(11)16/h4-5,10,17-18H,6-9H2,1-3H3. The summed E-state index contributed by atoms with van der Waals surface area (Å²) >= 11 is 12.0. The zero-order valence-electron chi connectivity index (χ0n) is 11.3. The molecular formula is C14H22Cl2N2. The van der Waals surface area contributed by atoms with Crippen LogP contribution in [0.25, 0.3) is 0 Å². The van der Waals surface area contributed by atoms with Crippen LogP contribution < -0.4 is 10.6 Å². The fraction of sp³-hybridized carbons (Fsp3) is 0.571. The van der Waals surface area contributed by atoms with E-state index in [1.807, 2.05) is 12.1 Å². The third-order valence-electron chi connectivity index (χ3n) is 2.54. The molecular weight excluding hydrogens is 267 g/mol. The van der Waals surface area contributed by atoms with E-state index in [1.54, 1.807) is 6.07 Å². The van der Waals surface area contributed by atoms with Gasteiger partial charge in [0, 0.05) is 28.7 Å². The van der Waals surface area contributed by atoms with Crippen LogP contribution >= 0.6 is 23.2 Å². The van der Waals surface area contributed by atoms with Gasteiger partial charge in [-0.15, -0.1) is 0 Å². The van der Waals surface area contributed by atoms with Crippen molar-refractivity contribution in [2.45, 2.75) is 32.7 Å². The highest BCUT2D eigenvalue weighted by atomic mass is 35.5. The highest BCUT2D eigenvalue weighted by Gasteiger charge is 2.06. The number of nitrogens with one attached hydrogen (secondary N) is 2. The fourth-order valence-corrected chi connectivity index (χ4v) is 2.10. The Bertz CT molecular complexity index is 373. The lowest BCUT2D eigenvalue weighted by atomic mass is 10.1. The third kappa shape index (κ3) is 6.60. The molecule has 0 spiro atoms. The molecule has 2 N–H and O–H groups in total. The van der Waals surface area contributed by atoms with Gasteiger partial charge < -0.3 is 10.6 Å². The summed E-state index contributed by atoms with van der Waals surface area (Å²) in [6.07, 6.45) is 0.922. The van der Waals surface area contributed by atoms with Crippen molar-refractivity contribution in [1.82, 2.24) is 10.6 Å². The van der Waals surface area contributed by atoms with Crippen molar-refractivity contribution in [3.63, 3.8) is 0 Å². The average molecular weight is 289 g/mol. The second-order valence-electron chi connectivity index (χ2n) is 5.41. The first-order chi connectivity index (χ1) is 8.38. The Hall–Kier alpha value is -0.280. The summed E-state index contributed by atoms with van der Waals surface area (Å²) in [6.45, 7) is 9.36. The van der Waals surface area contributed by atoms with Gasteiger partial charge in [0.25, 0.3) is 0 Å². The molecule has 1 aromatic rings. The topological polar surface area (TPSA) is 24.1 Å². The summed E-state index contributed by atoms with van der Waals surface area (Å²) in [6, 6.07) is 5.66. The van der Waals surface area contributed by atoms with Gasteiger partial charge in [0.15, 0.2) is 0 Å². The smallest absolute Gasteiger partial charge is 0.0453 e. The molecule has 0 bridgehead atoms. The van der Waals surface area contributed by atoms with Gasteiger partial charge in [-0.05, 0) is 51.4 Å². The molecule has 0 aliphatic heterocycles. The number of benzene rings is 1. The first kappa shape index (κ1) is 15.8. The highest BCUT2D eigenvalue weighted by molar-refractivity contribution is 6.35. The monoisotopic (exact) mass is 288 g/mol. The lowest BCUT2D eigenvalue weighted by Gasteiger charge is -2.20. The Labute approximate surface area is 120 Å². The molecule has 0 amide bonds. The van der Waals surface area contributed by atoms with E-state index in [9.17, 15) is 0 Å². The second kappa shape index (κ2) is 7.34. The Kier molecular flexibility index (Phi) is 6.44. The minimum Gasteiger partial charge on any atom is -0.315 e. The zero-order chi connectivity index (χ0) is 13.6. The van der Waals surface area contributed by atoms with E-state index in [2.05, 4.69) is 31.4 Å². The molecule has 1 aromatic carbocycles. The van der Waals surface area contributed by atoms with Crippen LogP contribution in [0, 0.1) is 0 Å². The fourth-order valence-electron chi connectivity index (χ4n) is 1.60. The number of rotatable bonds is 6. The molecule has 0 aliphatic rings. The molecule has 1 rings (SSSR count). The van der Waals surface area contributed by atoms with Gasteiger partial charge in [-0.2, -0.15) is 0 Å². The van der Waals surface area contributed by atoms with Crippen molar-refractivity contribution in [3.05, 3.63) is 33.8 Å². The lowest BCUT2D eigenvalue weighted by molar-refractivity contribution is 0.422. The van der Waals surface area contributed by atoms with E-state index in [0.717, 1.165) is 36.6 Å². The predicted octanol–water partition coefficient (Wildman–Crippen LogP) is 3.51. The van der Waals surface area contributed by atoms with Gasteiger partial charge >= 0.3 is 0 Å². The summed E-state index contributed by atoms with van der Waals surface area (Å²) < 4.78 is 0. The third-order valence-corrected chi connectivity index (χ3v) is 3.13. The number of hydrogen-bond donors (Lipinski definition) is 2. The maximum atomic E-state index is 6.10. The molecule has 0 aromatic heterocycles. The molecule has 0 atom stereocenters. The van der Waals surface area contributed by atoms with Gasteiger partial charge in [0.2, 0.25) is 0 Å². The van der Waals surface area contributed by atoms with E-state index in [-0.39, 0.29) is 5.54 Å². The molecule has 2 nitrogen and oxygen atoms in total. The molecule has 0 radical (unpaired) electrons. The van der Waals surface area contributed by atoms with Crippen molar-refractivity contribution >= 4 is 23.2 Å². The minimum atomic E-state index is 0.182. The summed E-state index contributed by atoms with van der Waals surface area (Å²) in [5.74, 6) is 0. The van der Waals surface area contributed by atoms with Crippen molar-refractivity contribution in [2.75, 3.05) is 19.6 Å². The first-order valence-electron chi connectivity index (χ1n) is 6.28. The van der Waals surface area contributed by atoms with Crippen LogP contribution in [0.3, 0.4) is 0 Å². The molecule has 102 valence electrons. The van der Waals surface area contributed by atoms with Crippen LogP contribution in [0.2, 0.25) is 10.0 Å². The number of hydrogen-bond acceptors (Lipinski definition) is 2. The van der Waals surface area contributed by atoms with Crippen molar-refractivity contribution < 1.29 is 0 Å². The maximum Gasteiger partial charge on any atom is 0.0453 e. The molecule has 0 aliphatic carbocycles. The van der Waals surface area contributed by atoms with Crippen LogP contribution in [0.15, 0.2) is 18.2 Å². The Balaban J connectivity index is 2.18. The predicted molar refractivity (Wildman–Crippen MR) is 80.8 cm³/mol. The Morgan fingerprint density at radius 1 is 1.06 bits per heavy atom. The van der Waals surface area contributed by atoms with E-state index in [0.29, 0.717) is 5.02 Å². The van der Waals surface area contributed by atoms with Crippen molar-refractivity contribution in [1.29, 1.82) is 0 Å². The Morgan fingerprint density at radius 2 is 1.78 bits per heavy atom. The van der Waals surface area contributed by atoms with E-state index < -0.39 is 0 Å². The van der Waals surface area contributed by atoms with Gasteiger partial charge in [-0.1, -0.05) is 29.3 Å². The molecule has 18 heavy (non-hydrogen) atoms. The van der Waals surface area contributed by atoms with Crippen LogP contribution in [-0.2, 0) is 6.42 Å². The van der Waals surface area contributed by atoms with Gasteiger partial charge in [0.05, 0.1) is 0 Å². The SMILES string of the molecule is CC(C)(C)NCCNCCc1ccc(Cl)cc1Cl. The van der Waals surface area contributed by atoms with E-state index >= 15 is 0 Å². The van der Waals surface area contributed by atoms with Gasteiger partial charge in [-0.25, -0.2) is 0 Å². The summed E-state index contributed by atoms with van der Waals surface area (Å²) in [5.41, 5.74) is 1.32. The van der Waals surface area contributed by atoms with E-state index in [1.165, 1.54) is 0 Å². The molecule has 4 heteroatoms. The van der Waals surface area contributed by atoms with Crippen molar-refractivity contribution in [3.8, 4) is 0 Å². The van der Waals surface area contributed by atoms with Crippen LogP contribution in [-0.4, -0.2) is 25.2 Å². The summed E-state index contributed by atoms with van der Waals surface area (Å²) in [4.78, 5) is 0. The quantitative estimate of drug-likeness (QED) is 0.783. The van der Waals surface area contributed by atoms with Crippen LogP contribution in [0.4, 0.5) is 0 Å². The zero-order valence-corrected chi connectivity index (χ0v) is 12.8. The molecule has 0 unspecified atom stereocenters. The molecule has 0 saturated carbocycles. The van der Waals surface area contributed by atoms with Crippen LogP contribution in [0.5, 0.6) is 0 Å². The number of halogens is 2. The van der Waals surface area contributed by atoms with E-state index in [4.69, 9.17) is 23.2 Å². The summed E-state index contributed by atoms with van der Waals surface area (Å²) in [7, 11) is 0. The van der Waals surface area contributed by atoms with Crippen molar-refractivity contribution in [2.24, 2.45) is 0 Å². The lowest BCUT2D eigenvalue weighted by Crippen LogP contribution is -2.40. The van der Waals surface area contributed by atoms with Gasteiger partial charge in [-0.3, -0.25) is 0 Å². The second-order valence-corrected chi connectivity index (χ2v) is 6.26. The minimum absolute atomic E-state index is 0.182. The normalized spacial score (nSPS) is 11.8. The first-order valence-corrected chi connectivity index (χ1v) is 7.04. The molecule has 0 heterocycles. The Morgan fingerprint density at radius 3 is 2.39 bits per heavy atom. The highest BCUT2D eigenvalue weighted by Crippen LogP contribution is 2.20.